The molecule has 2 aromatic rings. The van der Waals surface area contributed by atoms with E-state index < -0.39 is 0 Å². The maximum atomic E-state index is 2.33. The van der Waals surface area contributed by atoms with Gasteiger partial charge in [-0.15, -0.1) is 0 Å². The minimum absolute atomic E-state index is 0.604. The number of hydrogen-bond donors (Lipinski definition) is 0. The molecule has 0 aromatic heterocycles. The van der Waals surface area contributed by atoms with Crippen LogP contribution in [0, 0.1) is 13.8 Å². The first-order valence-electron chi connectivity index (χ1n) is 8.33. The first-order chi connectivity index (χ1) is 10.5. The fraction of sp³-hybridized carbons (Fsp3) is 0.364. The molecule has 0 aliphatic heterocycles. The van der Waals surface area contributed by atoms with E-state index >= 15 is 0 Å². The monoisotopic (exact) mass is 290 g/mol. The maximum absolute atomic E-state index is 2.33. The summed E-state index contributed by atoms with van der Waals surface area (Å²) in [6.07, 6.45) is 2.38. The third-order valence-electron chi connectivity index (χ3n) is 5.28. The van der Waals surface area contributed by atoms with Crippen LogP contribution in [0.5, 0.6) is 0 Å². The lowest BCUT2D eigenvalue weighted by molar-refractivity contribution is 0.496. The largest absolute Gasteiger partial charge is 0.0737 e. The Labute approximate surface area is 134 Å². The molecule has 0 spiro atoms. The number of benzene rings is 2. The normalized spacial score (nSPS) is 22.0. The summed E-state index contributed by atoms with van der Waals surface area (Å²) < 4.78 is 0. The van der Waals surface area contributed by atoms with Crippen LogP contribution in [0.1, 0.15) is 60.8 Å². The molecule has 114 valence electrons. The smallest absolute Gasteiger partial charge is 0.00528 e. The maximum Gasteiger partial charge on any atom is -0.00528 e. The van der Waals surface area contributed by atoms with Crippen LogP contribution in [-0.4, -0.2) is 0 Å². The van der Waals surface area contributed by atoms with Crippen molar-refractivity contribution in [2.45, 2.75) is 52.4 Å². The van der Waals surface area contributed by atoms with E-state index in [1.54, 1.807) is 11.1 Å². The Bertz CT molecular complexity index is 609. The average molecular weight is 290 g/mol. The lowest BCUT2D eigenvalue weighted by Crippen LogP contribution is -2.17. The molecule has 1 aliphatic rings. The zero-order valence-electron chi connectivity index (χ0n) is 14.2. The van der Waals surface area contributed by atoms with Gasteiger partial charge in [-0.05, 0) is 63.5 Å². The van der Waals surface area contributed by atoms with Crippen LogP contribution in [0.15, 0.2) is 59.7 Å². The lowest BCUT2D eigenvalue weighted by Gasteiger charge is -2.34. The number of rotatable bonds is 2. The van der Waals surface area contributed by atoms with E-state index in [4.69, 9.17) is 0 Å². The molecule has 0 unspecified atom stereocenters. The standard InChI is InChI=1S/C22H26/c1-15-5-9-19(10-6-15)21-13-17(3)18(4)14-22(21)20-11-7-16(2)8-12-20/h5-12,21-22H,13-14H2,1-4H3/t21-,22-/m0/s1. The molecule has 0 heteroatoms. The van der Waals surface area contributed by atoms with Crippen LogP contribution in [0.25, 0.3) is 0 Å². The van der Waals surface area contributed by atoms with E-state index in [2.05, 4.69) is 76.2 Å². The van der Waals surface area contributed by atoms with Crippen LogP contribution >= 0.6 is 0 Å². The van der Waals surface area contributed by atoms with Gasteiger partial charge >= 0.3 is 0 Å². The van der Waals surface area contributed by atoms with Crippen molar-refractivity contribution in [2.24, 2.45) is 0 Å². The summed E-state index contributed by atoms with van der Waals surface area (Å²) in [6.45, 7) is 8.94. The Balaban J connectivity index is 2.00. The SMILES string of the molecule is CC1=C(C)C[C@@H](c2ccc(C)cc2)[C@H](c2ccc(C)cc2)C1. The van der Waals surface area contributed by atoms with Gasteiger partial charge in [-0.3, -0.25) is 0 Å². The van der Waals surface area contributed by atoms with Crippen molar-refractivity contribution < 1.29 is 0 Å². The number of hydrogen-bond acceptors (Lipinski definition) is 0. The van der Waals surface area contributed by atoms with E-state index in [9.17, 15) is 0 Å². The Morgan fingerprint density at radius 2 is 0.864 bits per heavy atom. The summed E-state index contributed by atoms with van der Waals surface area (Å²) in [5.74, 6) is 1.21. The fourth-order valence-corrected chi connectivity index (χ4v) is 3.62. The van der Waals surface area contributed by atoms with Gasteiger partial charge in [0.25, 0.3) is 0 Å². The van der Waals surface area contributed by atoms with Gasteiger partial charge in [-0.1, -0.05) is 70.8 Å². The van der Waals surface area contributed by atoms with Gasteiger partial charge in [-0.25, -0.2) is 0 Å². The molecule has 0 radical (unpaired) electrons. The first kappa shape index (κ1) is 15.1. The van der Waals surface area contributed by atoms with Gasteiger partial charge in [0, 0.05) is 0 Å². The Morgan fingerprint density at radius 1 is 0.545 bits per heavy atom. The molecular weight excluding hydrogens is 264 g/mol. The molecule has 0 heterocycles. The molecule has 0 amide bonds. The molecule has 2 aromatic carbocycles. The van der Waals surface area contributed by atoms with E-state index in [0.717, 1.165) is 0 Å². The molecular formula is C22H26. The van der Waals surface area contributed by atoms with E-state index in [0.29, 0.717) is 11.8 Å². The van der Waals surface area contributed by atoms with Crippen LogP contribution < -0.4 is 0 Å². The summed E-state index contributed by atoms with van der Waals surface area (Å²) in [4.78, 5) is 0. The highest BCUT2D eigenvalue weighted by Crippen LogP contribution is 2.46. The second-order valence-electron chi connectivity index (χ2n) is 7.00. The molecule has 0 bridgehead atoms. The lowest BCUT2D eigenvalue weighted by atomic mass is 9.70. The summed E-state index contributed by atoms with van der Waals surface area (Å²) in [6, 6.07) is 18.3. The van der Waals surface area contributed by atoms with Gasteiger partial charge < -0.3 is 0 Å². The van der Waals surface area contributed by atoms with Crippen LogP contribution in [0.3, 0.4) is 0 Å². The van der Waals surface area contributed by atoms with Crippen molar-refractivity contribution in [3.63, 3.8) is 0 Å². The summed E-state index contributed by atoms with van der Waals surface area (Å²) in [5, 5.41) is 0. The minimum Gasteiger partial charge on any atom is -0.0737 e. The minimum atomic E-state index is 0.604. The van der Waals surface area contributed by atoms with Crippen LogP contribution in [0.4, 0.5) is 0 Å². The molecule has 3 rings (SSSR count). The van der Waals surface area contributed by atoms with Crippen molar-refractivity contribution in [1.29, 1.82) is 0 Å². The highest BCUT2D eigenvalue weighted by molar-refractivity contribution is 5.37. The Kier molecular flexibility index (Phi) is 4.20. The van der Waals surface area contributed by atoms with Crippen molar-refractivity contribution >= 4 is 0 Å². The van der Waals surface area contributed by atoms with Crippen molar-refractivity contribution in [3.8, 4) is 0 Å². The molecule has 0 N–H and O–H groups in total. The average Bonchev–Trinajstić information content (AvgIpc) is 2.51. The highest BCUT2D eigenvalue weighted by Gasteiger charge is 2.29. The summed E-state index contributed by atoms with van der Waals surface area (Å²) in [7, 11) is 0. The van der Waals surface area contributed by atoms with Crippen molar-refractivity contribution in [2.75, 3.05) is 0 Å². The predicted molar refractivity (Wildman–Crippen MR) is 95.4 cm³/mol. The molecule has 0 fully saturated rings. The van der Waals surface area contributed by atoms with Crippen LogP contribution in [0.2, 0.25) is 0 Å². The van der Waals surface area contributed by atoms with Gasteiger partial charge in [0.1, 0.15) is 0 Å². The molecule has 2 atom stereocenters. The summed E-state index contributed by atoms with van der Waals surface area (Å²) in [5.41, 5.74) is 8.82. The third-order valence-corrected chi connectivity index (χ3v) is 5.28. The number of allylic oxidation sites excluding steroid dienone is 2. The molecule has 0 nitrogen and oxygen atoms in total. The van der Waals surface area contributed by atoms with Crippen LogP contribution in [-0.2, 0) is 0 Å². The van der Waals surface area contributed by atoms with Gasteiger partial charge in [0.2, 0.25) is 0 Å². The van der Waals surface area contributed by atoms with Crippen molar-refractivity contribution in [1.82, 2.24) is 0 Å². The fourth-order valence-electron chi connectivity index (χ4n) is 3.62. The van der Waals surface area contributed by atoms with E-state index in [1.807, 2.05) is 0 Å². The van der Waals surface area contributed by atoms with Gasteiger partial charge in [0.15, 0.2) is 0 Å². The zero-order valence-corrected chi connectivity index (χ0v) is 14.2. The number of aryl methyl sites for hydroxylation is 2. The third kappa shape index (κ3) is 3.02. The van der Waals surface area contributed by atoms with E-state index in [-0.39, 0.29) is 0 Å². The molecule has 1 aliphatic carbocycles. The second-order valence-corrected chi connectivity index (χ2v) is 7.00. The first-order valence-corrected chi connectivity index (χ1v) is 8.33. The second kappa shape index (κ2) is 6.12. The van der Waals surface area contributed by atoms with Crippen molar-refractivity contribution in [3.05, 3.63) is 81.9 Å². The molecule has 22 heavy (non-hydrogen) atoms. The topological polar surface area (TPSA) is 0 Å². The van der Waals surface area contributed by atoms with E-state index in [1.165, 1.54) is 35.1 Å². The Hall–Kier alpha value is -1.82. The predicted octanol–water partition coefficient (Wildman–Crippen LogP) is 6.30. The Morgan fingerprint density at radius 3 is 1.18 bits per heavy atom. The molecule has 0 saturated heterocycles. The highest BCUT2D eigenvalue weighted by atomic mass is 14.3. The van der Waals surface area contributed by atoms with Gasteiger partial charge in [0.05, 0.1) is 0 Å². The van der Waals surface area contributed by atoms with Gasteiger partial charge in [-0.2, -0.15) is 0 Å². The zero-order chi connectivity index (χ0) is 15.7. The quantitative estimate of drug-likeness (QED) is 0.569. The molecule has 0 saturated carbocycles. The summed E-state index contributed by atoms with van der Waals surface area (Å²) >= 11 is 0.